The van der Waals surface area contributed by atoms with Gasteiger partial charge in [0, 0.05) is 18.7 Å². The molecule has 0 aliphatic carbocycles. The smallest absolute Gasteiger partial charge is 0.246 e. The van der Waals surface area contributed by atoms with Crippen molar-refractivity contribution in [3.8, 4) is 0 Å². The van der Waals surface area contributed by atoms with Crippen LogP contribution < -0.4 is 0 Å². The average Bonchev–Trinajstić information content (AvgIpc) is 2.71. The number of morpholine rings is 1. The van der Waals surface area contributed by atoms with Gasteiger partial charge in [-0.2, -0.15) is 4.31 Å². The molecule has 1 saturated heterocycles. The number of furan rings is 1. The summed E-state index contributed by atoms with van der Waals surface area (Å²) in [7, 11) is -3.58. The normalized spacial score (nSPS) is 22.3. The highest BCUT2D eigenvalue weighted by atomic mass is 32.2. The van der Waals surface area contributed by atoms with Crippen molar-refractivity contribution >= 4 is 10.0 Å². The van der Waals surface area contributed by atoms with Gasteiger partial charge in [-0.1, -0.05) is 0 Å². The van der Waals surface area contributed by atoms with E-state index in [-0.39, 0.29) is 23.3 Å². The van der Waals surface area contributed by atoms with Crippen LogP contribution in [-0.4, -0.2) is 43.6 Å². The van der Waals surface area contributed by atoms with Crippen LogP contribution in [-0.2, 0) is 21.4 Å². The van der Waals surface area contributed by atoms with E-state index in [1.54, 1.807) is 13.8 Å². The van der Waals surface area contributed by atoms with Crippen LogP contribution in [0, 0.1) is 6.92 Å². The van der Waals surface area contributed by atoms with Crippen molar-refractivity contribution in [1.29, 1.82) is 0 Å². The minimum atomic E-state index is -3.58. The Morgan fingerprint density at radius 1 is 1.56 bits per heavy atom. The van der Waals surface area contributed by atoms with E-state index in [1.165, 1.54) is 10.4 Å². The molecule has 1 N–H and O–H groups in total. The van der Waals surface area contributed by atoms with Crippen molar-refractivity contribution in [2.24, 2.45) is 0 Å². The molecule has 1 aromatic rings. The third kappa shape index (κ3) is 2.31. The molecule has 6 nitrogen and oxygen atoms in total. The van der Waals surface area contributed by atoms with Crippen molar-refractivity contribution in [3.63, 3.8) is 0 Å². The van der Waals surface area contributed by atoms with Crippen LogP contribution in [0.1, 0.15) is 18.4 Å². The highest BCUT2D eigenvalue weighted by Crippen LogP contribution is 2.26. The molecule has 2 rings (SSSR count). The summed E-state index contributed by atoms with van der Waals surface area (Å²) in [5.74, 6) is 0.560. The number of sulfonamides is 1. The van der Waals surface area contributed by atoms with Crippen molar-refractivity contribution < 1.29 is 22.7 Å². The van der Waals surface area contributed by atoms with Gasteiger partial charge in [0.25, 0.3) is 0 Å². The minimum absolute atomic E-state index is 0.125. The fraction of sp³-hybridized carbons (Fsp3) is 0.636. The summed E-state index contributed by atoms with van der Waals surface area (Å²) in [6.45, 7) is 4.20. The van der Waals surface area contributed by atoms with Crippen LogP contribution in [0.2, 0.25) is 0 Å². The van der Waals surface area contributed by atoms with E-state index in [9.17, 15) is 8.42 Å². The summed E-state index contributed by atoms with van der Waals surface area (Å²) in [6.07, 6.45) is 0. The lowest BCUT2D eigenvalue weighted by molar-refractivity contribution is 0.0392. The van der Waals surface area contributed by atoms with Gasteiger partial charge in [-0.3, -0.25) is 0 Å². The number of aryl methyl sites for hydroxylation is 1. The lowest BCUT2D eigenvalue weighted by Crippen LogP contribution is -2.46. The van der Waals surface area contributed by atoms with Gasteiger partial charge in [0.05, 0.1) is 13.2 Å². The molecule has 1 aliphatic heterocycles. The zero-order chi connectivity index (χ0) is 13.3. The quantitative estimate of drug-likeness (QED) is 0.868. The van der Waals surface area contributed by atoms with Gasteiger partial charge >= 0.3 is 0 Å². The number of rotatable bonds is 3. The Labute approximate surface area is 106 Å². The Hall–Kier alpha value is -0.890. The van der Waals surface area contributed by atoms with E-state index >= 15 is 0 Å². The highest BCUT2D eigenvalue weighted by molar-refractivity contribution is 7.89. The van der Waals surface area contributed by atoms with Crippen molar-refractivity contribution in [2.45, 2.75) is 31.4 Å². The Bertz CT molecular complexity index is 522. The summed E-state index contributed by atoms with van der Waals surface area (Å²) in [4.78, 5) is 0.125. The summed E-state index contributed by atoms with van der Waals surface area (Å²) in [5.41, 5.74) is 0. The van der Waals surface area contributed by atoms with Gasteiger partial charge in [0.2, 0.25) is 10.0 Å². The summed E-state index contributed by atoms with van der Waals surface area (Å²) in [5, 5.41) is 8.98. The van der Waals surface area contributed by atoms with E-state index < -0.39 is 10.0 Å². The zero-order valence-electron chi connectivity index (χ0n) is 10.4. The molecule has 0 spiro atoms. The Morgan fingerprint density at radius 3 is 2.83 bits per heavy atom. The molecule has 1 unspecified atom stereocenters. The second kappa shape index (κ2) is 5.00. The van der Waals surface area contributed by atoms with E-state index in [1.807, 2.05) is 0 Å². The lowest BCUT2D eigenvalue weighted by atomic mass is 10.3. The van der Waals surface area contributed by atoms with Gasteiger partial charge < -0.3 is 14.3 Å². The van der Waals surface area contributed by atoms with Crippen LogP contribution in [0.5, 0.6) is 0 Å². The third-order valence-electron chi connectivity index (χ3n) is 2.97. The first-order valence-corrected chi connectivity index (χ1v) is 7.20. The largest absolute Gasteiger partial charge is 0.462 e. The molecule has 1 atom stereocenters. The average molecular weight is 275 g/mol. The fourth-order valence-electron chi connectivity index (χ4n) is 2.05. The molecule has 0 amide bonds. The monoisotopic (exact) mass is 275 g/mol. The topological polar surface area (TPSA) is 80.0 Å². The maximum Gasteiger partial charge on any atom is 0.246 e. The summed E-state index contributed by atoms with van der Waals surface area (Å²) >= 11 is 0. The maximum absolute atomic E-state index is 12.5. The van der Waals surface area contributed by atoms with Crippen molar-refractivity contribution in [1.82, 2.24) is 4.31 Å². The van der Waals surface area contributed by atoms with Gasteiger partial charge in [-0.25, -0.2) is 8.42 Å². The van der Waals surface area contributed by atoms with E-state index in [2.05, 4.69) is 0 Å². The first kappa shape index (κ1) is 13.5. The van der Waals surface area contributed by atoms with E-state index in [4.69, 9.17) is 14.3 Å². The van der Waals surface area contributed by atoms with Gasteiger partial charge in [-0.15, -0.1) is 0 Å². The summed E-state index contributed by atoms with van der Waals surface area (Å²) in [6, 6.07) is 1.18. The number of aliphatic hydroxyl groups excluding tert-OH is 1. The molecule has 1 aromatic heterocycles. The molecule has 0 radical (unpaired) electrons. The zero-order valence-corrected chi connectivity index (χ0v) is 11.2. The van der Waals surface area contributed by atoms with Crippen LogP contribution in [0.25, 0.3) is 0 Å². The van der Waals surface area contributed by atoms with E-state index in [0.29, 0.717) is 25.5 Å². The molecule has 1 aliphatic rings. The SMILES string of the molecule is Cc1oc(CO)cc1S(=O)(=O)N1CCOCC1C. The number of aliphatic hydroxyl groups is 1. The van der Waals surface area contributed by atoms with Crippen LogP contribution >= 0.6 is 0 Å². The molecule has 0 bridgehead atoms. The second-order valence-corrected chi connectivity index (χ2v) is 6.19. The Kier molecular flexibility index (Phi) is 3.76. The van der Waals surface area contributed by atoms with Crippen molar-refractivity contribution in [3.05, 3.63) is 17.6 Å². The lowest BCUT2D eigenvalue weighted by Gasteiger charge is -2.31. The predicted octanol–water partition coefficient (Wildman–Crippen LogP) is 0.490. The number of nitrogens with zero attached hydrogens (tertiary/aromatic N) is 1. The second-order valence-electron chi connectivity index (χ2n) is 4.33. The van der Waals surface area contributed by atoms with Crippen LogP contribution in [0.3, 0.4) is 0 Å². The molecule has 0 saturated carbocycles. The molecular formula is C11H17NO5S. The van der Waals surface area contributed by atoms with Gasteiger partial charge in [0.15, 0.2) is 0 Å². The molecule has 2 heterocycles. The number of ether oxygens (including phenoxy) is 1. The molecular weight excluding hydrogens is 258 g/mol. The highest BCUT2D eigenvalue weighted by Gasteiger charge is 2.34. The van der Waals surface area contributed by atoms with Crippen molar-refractivity contribution in [2.75, 3.05) is 19.8 Å². The molecule has 18 heavy (non-hydrogen) atoms. The Morgan fingerprint density at radius 2 is 2.28 bits per heavy atom. The first-order chi connectivity index (χ1) is 8.46. The Balaban J connectivity index is 2.37. The number of hydrogen-bond acceptors (Lipinski definition) is 5. The standard InChI is InChI=1S/C11H17NO5S/c1-8-7-16-4-3-12(8)18(14,15)11-5-10(6-13)17-9(11)2/h5,8,13H,3-4,6-7H2,1-2H3. The van der Waals surface area contributed by atoms with E-state index in [0.717, 1.165) is 0 Å². The third-order valence-corrected chi connectivity index (χ3v) is 5.09. The minimum Gasteiger partial charge on any atom is -0.462 e. The molecule has 0 aromatic carbocycles. The molecule has 1 fully saturated rings. The fourth-order valence-corrected chi connectivity index (χ4v) is 3.84. The first-order valence-electron chi connectivity index (χ1n) is 5.76. The van der Waals surface area contributed by atoms with Crippen LogP contribution in [0.15, 0.2) is 15.4 Å². The van der Waals surface area contributed by atoms with Gasteiger partial charge in [0.1, 0.15) is 23.0 Å². The molecule has 7 heteroatoms. The van der Waals surface area contributed by atoms with Gasteiger partial charge in [-0.05, 0) is 13.8 Å². The van der Waals surface area contributed by atoms with Crippen LogP contribution in [0.4, 0.5) is 0 Å². The predicted molar refractivity (Wildman–Crippen MR) is 63.5 cm³/mol. The number of hydrogen-bond donors (Lipinski definition) is 1. The summed E-state index contributed by atoms with van der Waals surface area (Å²) < 4.78 is 36.8. The molecule has 102 valence electrons. The maximum atomic E-state index is 12.5.